The predicted molar refractivity (Wildman–Crippen MR) is 104 cm³/mol. The molecule has 1 aliphatic heterocycles. The van der Waals surface area contributed by atoms with E-state index in [9.17, 15) is 13.2 Å². The Morgan fingerprint density at radius 2 is 1.74 bits per heavy atom. The van der Waals surface area contributed by atoms with Gasteiger partial charge in [-0.25, -0.2) is 8.42 Å². The molecule has 0 spiro atoms. The second-order valence-corrected chi connectivity index (χ2v) is 8.71. The highest BCUT2D eigenvalue weighted by atomic mass is 32.2. The maximum absolute atomic E-state index is 13.0. The Hall–Kier alpha value is -2.54. The van der Waals surface area contributed by atoms with Crippen molar-refractivity contribution < 1.29 is 17.9 Å². The van der Waals surface area contributed by atoms with Gasteiger partial charge in [0.1, 0.15) is 5.75 Å². The van der Waals surface area contributed by atoms with Crippen molar-refractivity contribution in [2.24, 2.45) is 0 Å². The van der Waals surface area contributed by atoms with Crippen LogP contribution in [0.4, 0.5) is 5.69 Å². The average Bonchev–Trinajstić information content (AvgIpc) is 3.06. The van der Waals surface area contributed by atoms with Crippen LogP contribution in [0.5, 0.6) is 5.75 Å². The lowest BCUT2D eigenvalue weighted by Gasteiger charge is -2.20. The molecule has 0 aromatic heterocycles. The third-order valence-electron chi connectivity index (χ3n) is 4.37. The maximum atomic E-state index is 13.0. The summed E-state index contributed by atoms with van der Waals surface area (Å²) in [5.74, 6) is 0.234. The summed E-state index contributed by atoms with van der Waals surface area (Å²) in [7, 11) is -3.63. The highest BCUT2D eigenvalue weighted by Gasteiger charge is 2.30. The summed E-state index contributed by atoms with van der Waals surface area (Å²) in [4.78, 5) is 12.1. The number of carbonyl (C=O) groups is 1. The first kappa shape index (κ1) is 19.2. The molecule has 0 unspecified atom stereocenters. The maximum Gasteiger partial charge on any atom is 0.264 e. The zero-order valence-corrected chi connectivity index (χ0v) is 16.5. The van der Waals surface area contributed by atoms with Crippen molar-refractivity contribution in [2.75, 3.05) is 10.8 Å². The number of hydrogen-bond donors (Lipinski definition) is 1. The van der Waals surface area contributed by atoms with Gasteiger partial charge in [0.25, 0.3) is 15.9 Å². The summed E-state index contributed by atoms with van der Waals surface area (Å²) in [6.45, 7) is 5.84. The third-order valence-corrected chi connectivity index (χ3v) is 6.20. The molecular formula is C20H24N2O4S. The number of benzene rings is 2. The monoisotopic (exact) mass is 388 g/mol. The summed E-state index contributed by atoms with van der Waals surface area (Å²) in [6, 6.07) is 13.7. The molecule has 7 heteroatoms. The van der Waals surface area contributed by atoms with Gasteiger partial charge in [0.15, 0.2) is 6.10 Å². The number of ether oxygens (including phenoxy) is 1. The fourth-order valence-corrected chi connectivity index (χ4v) is 4.54. The van der Waals surface area contributed by atoms with E-state index in [2.05, 4.69) is 5.32 Å². The molecule has 2 aromatic rings. The Labute approximate surface area is 160 Å². The van der Waals surface area contributed by atoms with Gasteiger partial charge in [-0.1, -0.05) is 18.2 Å². The molecule has 0 radical (unpaired) electrons. The van der Waals surface area contributed by atoms with Gasteiger partial charge < -0.3 is 10.1 Å². The highest BCUT2D eigenvalue weighted by molar-refractivity contribution is 7.92. The number of anilines is 1. The van der Waals surface area contributed by atoms with E-state index in [-0.39, 0.29) is 16.8 Å². The van der Waals surface area contributed by atoms with Gasteiger partial charge in [-0.15, -0.1) is 0 Å². The first-order chi connectivity index (χ1) is 12.8. The Morgan fingerprint density at radius 3 is 2.41 bits per heavy atom. The molecule has 1 atom stereocenters. The molecule has 1 N–H and O–H groups in total. The van der Waals surface area contributed by atoms with Gasteiger partial charge >= 0.3 is 0 Å². The van der Waals surface area contributed by atoms with Crippen molar-refractivity contribution in [3.8, 4) is 5.75 Å². The number of rotatable bonds is 6. The minimum absolute atomic E-state index is 0.0272. The third kappa shape index (κ3) is 4.08. The Morgan fingerprint density at radius 1 is 1.07 bits per heavy atom. The van der Waals surface area contributed by atoms with E-state index in [1.807, 2.05) is 38.1 Å². The van der Waals surface area contributed by atoms with Crippen LogP contribution in [0, 0.1) is 0 Å². The van der Waals surface area contributed by atoms with E-state index >= 15 is 0 Å². The zero-order valence-electron chi connectivity index (χ0n) is 15.7. The van der Waals surface area contributed by atoms with Gasteiger partial charge in [0, 0.05) is 12.6 Å². The number of fused-ring (bicyclic) bond motifs is 1. The van der Waals surface area contributed by atoms with E-state index in [1.165, 1.54) is 16.4 Å². The van der Waals surface area contributed by atoms with Crippen LogP contribution in [0.25, 0.3) is 0 Å². The molecular weight excluding hydrogens is 364 g/mol. The molecule has 2 aromatic carbocycles. The number of nitrogens with one attached hydrogen (secondary N) is 1. The molecule has 6 nitrogen and oxygen atoms in total. The van der Waals surface area contributed by atoms with E-state index in [4.69, 9.17) is 4.74 Å². The number of nitrogens with zero attached hydrogens (tertiary/aromatic N) is 1. The van der Waals surface area contributed by atoms with Gasteiger partial charge in [0.05, 0.1) is 10.6 Å². The number of para-hydroxylation sites is 1. The minimum Gasteiger partial charge on any atom is -0.481 e. The molecule has 0 bridgehead atoms. The molecule has 0 aliphatic carbocycles. The second kappa shape index (κ2) is 7.60. The summed E-state index contributed by atoms with van der Waals surface area (Å²) < 4.78 is 33.0. The molecule has 0 saturated heterocycles. The van der Waals surface area contributed by atoms with Crippen molar-refractivity contribution in [1.82, 2.24) is 5.32 Å². The smallest absolute Gasteiger partial charge is 0.264 e. The Bertz CT molecular complexity index is 923. The van der Waals surface area contributed by atoms with Crippen LogP contribution < -0.4 is 14.4 Å². The average molecular weight is 388 g/mol. The van der Waals surface area contributed by atoms with Gasteiger partial charge in [-0.2, -0.15) is 0 Å². The van der Waals surface area contributed by atoms with Crippen LogP contribution in [0.1, 0.15) is 26.3 Å². The normalized spacial score (nSPS) is 14.7. The Balaban J connectivity index is 1.74. The summed E-state index contributed by atoms with van der Waals surface area (Å²) in [6.07, 6.45) is 0.0410. The van der Waals surface area contributed by atoms with E-state index < -0.39 is 16.1 Å². The van der Waals surface area contributed by atoms with Gasteiger partial charge in [0.2, 0.25) is 0 Å². The number of hydrogen-bond acceptors (Lipinski definition) is 4. The fourth-order valence-electron chi connectivity index (χ4n) is 3.03. The lowest BCUT2D eigenvalue weighted by atomic mass is 10.2. The van der Waals surface area contributed by atoms with Gasteiger partial charge in [-0.05, 0) is 63.1 Å². The van der Waals surface area contributed by atoms with E-state index in [0.29, 0.717) is 18.7 Å². The van der Waals surface area contributed by atoms with Crippen molar-refractivity contribution in [3.05, 3.63) is 54.1 Å². The molecule has 3 rings (SSSR count). The topological polar surface area (TPSA) is 75.7 Å². The molecule has 1 amide bonds. The zero-order chi connectivity index (χ0) is 19.6. The largest absolute Gasteiger partial charge is 0.481 e. The SMILES string of the molecule is CC(C)NC(=O)[C@H](C)Oc1ccc(S(=O)(=O)N2CCc3ccccc32)cc1. The standard InChI is InChI=1S/C20H24N2O4S/c1-14(2)21-20(23)15(3)26-17-8-10-18(11-9-17)27(24,25)22-13-12-16-6-4-5-7-19(16)22/h4-11,14-15H,12-13H2,1-3H3,(H,21,23)/t15-/m0/s1. The lowest BCUT2D eigenvalue weighted by Crippen LogP contribution is -2.40. The quantitative estimate of drug-likeness (QED) is 0.826. The van der Waals surface area contributed by atoms with E-state index in [0.717, 1.165) is 11.3 Å². The lowest BCUT2D eigenvalue weighted by molar-refractivity contribution is -0.127. The van der Waals surface area contributed by atoms with Gasteiger partial charge in [-0.3, -0.25) is 9.10 Å². The number of carbonyl (C=O) groups excluding carboxylic acids is 1. The van der Waals surface area contributed by atoms with Crippen LogP contribution in [0.3, 0.4) is 0 Å². The first-order valence-electron chi connectivity index (χ1n) is 8.97. The van der Waals surface area contributed by atoms with Crippen LogP contribution in [0.2, 0.25) is 0 Å². The Kier molecular flexibility index (Phi) is 5.41. The molecule has 1 aliphatic rings. The molecule has 1 heterocycles. The first-order valence-corrected chi connectivity index (χ1v) is 10.4. The molecule has 144 valence electrons. The highest BCUT2D eigenvalue weighted by Crippen LogP contribution is 2.33. The number of sulfonamides is 1. The van der Waals surface area contributed by atoms with Crippen LogP contribution in [-0.2, 0) is 21.2 Å². The van der Waals surface area contributed by atoms with E-state index in [1.54, 1.807) is 19.1 Å². The van der Waals surface area contributed by atoms with Crippen molar-refractivity contribution in [3.63, 3.8) is 0 Å². The fraction of sp³-hybridized carbons (Fsp3) is 0.350. The predicted octanol–water partition coefficient (Wildman–Crippen LogP) is 2.73. The summed E-state index contributed by atoms with van der Waals surface area (Å²) in [5.41, 5.74) is 1.77. The van der Waals surface area contributed by atoms with Crippen LogP contribution >= 0.6 is 0 Å². The number of amides is 1. The molecule has 0 fully saturated rings. The van der Waals surface area contributed by atoms with Crippen LogP contribution in [-0.4, -0.2) is 33.0 Å². The van der Waals surface area contributed by atoms with Crippen molar-refractivity contribution >= 4 is 21.6 Å². The van der Waals surface area contributed by atoms with Crippen molar-refractivity contribution in [2.45, 2.75) is 44.2 Å². The minimum atomic E-state index is -3.63. The summed E-state index contributed by atoms with van der Waals surface area (Å²) in [5, 5.41) is 2.78. The van der Waals surface area contributed by atoms with Crippen molar-refractivity contribution in [1.29, 1.82) is 0 Å². The van der Waals surface area contributed by atoms with Crippen LogP contribution in [0.15, 0.2) is 53.4 Å². The summed E-state index contributed by atoms with van der Waals surface area (Å²) >= 11 is 0. The molecule has 0 saturated carbocycles. The second-order valence-electron chi connectivity index (χ2n) is 6.85. The molecule has 27 heavy (non-hydrogen) atoms.